The van der Waals surface area contributed by atoms with Crippen LogP contribution in [0.1, 0.15) is 22.3 Å². The van der Waals surface area contributed by atoms with Crippen molar-refractivity contribution in [2.24, 2.45) is 0 Å². The van der Waals surface area contributed by atoms with Crippen molar-refractivity contribution >= 4 is 49.8 Å². The molecule has 314 valence electrons. The number of hydrogen-bond acceptors (Lipinski definition) is 2. The lowest BCUT2D eigenvalue weighted by Crippen LogP contribution is -2.28. The van der Waals surface area contributed by atoms with E-state index in [0.717, 1.165) is 66.5 Å². The Morgan fingerprint density at radius 2 is 0.806 bits per heavy atom. The lowest BCUT2D eigenvalue weighted by atomic mass is 9.67. The van der Waals surface area contributed by atoms with Gasteiger partial charge in [-0.3, -0.25) is 0 Å². The van der Waals surface area contributed by atoms with Gasteiger partial charge >= 0.3 is 0 Å². The minimum Gasteiger partial charge on any atom is -0.455 e. The largest absolute Gasteiger partial charge is 0.455 e. The van der Waals surface area contributed by atoms with Gasteiger partial charge in [0.15, 0.2) is 0 Å². The third-order valence-electron chi connectivity index (χ3n) is 14.0. The summed E-state index contributed by atoms with van der Waals surface area (Å²) >= 11 is 0. The first-order valence-electron chi connectivity index (χ1n) is 23.1. The molecule has 2 heteroatoms. The molecule has 0 bridgehead atoms. The molecule has 0 aliphatic heterocycles. The van der Waals surface area contributed by atoms with E-state index in [-0.39, 0.29) is 0 Å². The van der Waals surface area contributed by atoms with E-state index in [9.17, 15) is 0 Å². The van der Waals surface area contributed by atoms with E-state index in [2.05, 4.69) is 266 Å². The van der Waals surface area contributed by atoms with Crippen LogP contribution < -0.4 is 4.90 Å². The molecule has 0 unspecified atom stereocenters. The molecule has 11 aromatic carbocycles. The first kappa shape index (κ1) is 38.7. The Kier molecular flexibility index (Phi) is 9.11. The van der Waals surface area contributed by atoms with Gasteiger partial charge in [0.05, 0.1) is 11.1 Å². The van der Waals surface area contributed by atoms with Gasteiger partial charge in [-0.2, -0.15) is 0 Å². The Bertz CT molecular complexity index is 3720. The van der Waals surface area contributed by atoms with E-state index >= 15 is 0 Å². The van der Waals surface area contributed by atoms with Gasteiger partial charge in [-0.25, -0.2) is 0 Å². The van der Waals surface area contributed by atoms with Crippen LogP contribution in [0.25, 0.3) is 77.2 Å². The molecule has 0 saturated carbocycles. The summed E-state index contributed by atoms with van der Waals surface area (Å²) in [5.74, 6) is 0. The van der Waals surface area contributed by atoms with Gasteiger partial charge in [0, 0.05) is 33.1 Å². The molecule has 12 aromatic rings. The standard InChI is InChI=1S/C65H43NO/c1-5-17-44(18-6-1)46-29-31-49(32-30-46)62-61(42-41-58-57-39-35-48-21-13-14-26-54(48)63(57)67-64(58)62)66(52-36-33-47(34-37-52)45-19-7-2-8-20-45)53-38-40-56-55-27-15-16-28-59(55)65(60(56)43-53,50-22-9-3-10-23-50)51-24-11-4-12-25-51/h1-43H. The number of fused-ring (bicyclic) bond motifs is 8. The summed E-state index contributed by atoms with van der Waals surface area (Å²) in [6.45, 7) is 0. The normalized spacial score (nSPS) is 12.6. The molecule has 2 nitrogen and oxygen atoms in total. The summed E-state index contributed by atoms with van der Waals surface area (Å²) in [4.78, 5) is 2.45. The molecule has 67 heavy (non-hydrogen) atoms. The van der Waals surface area contributed by atoms with Crippen LogP contribution in [-0.2, 0) is 5.41 Å². The lowest BCUT2D eigenvalue weighted by Gasteiger charge is -2.35. The maximum absolute atomic E-state index is 7.24. The molecule has 1 aliphatic rings. The Labute approximate surface area is 390 Å². The SMILES string of the molecule is c1ccc(-c2ccc(-c3c(N(c4ccc(-c5ccccc5)cc4)c4ccc5c(c4)C(c4ccccc4)(c4ccccc4)c4ccccc4-5)ccc4c3oc3c5ccccc5ccc43)cc2)cc1. The number of furan rings is 1. The number of nitrogens with zero attached hydrogens (tertiary/aromatic N) is 1. The number of anilines is 3. The predicted molar refractivity (Wildman–Crippen MR) is 280 cm³/mol. The van der Waals surface area contributed by atoms with Gasteiger partial charge in [0.2, 0.25) is 0 Å². The molecule has 1 aromatic heterocycles. The molecule has 0 radical (unpaired) electrons. The third-order valence-corrected chi connectivity index (χ3v) is 14.0. The maximum Gasteiger partial charge on any atom is 0.145 e. The minimum atomic E-state index is -0.562. The first-order chi connectivity index (χ1) is 33.2. The predicted octanol–water partition coefficient (Wildman–Crippen LogP) is 17.6. The van der Waals surface area contributed by atoms with Gasteiger partial charge in [-0.15, -0.1) is 0 Å². The van der Waals surface area contributed by atoms with E-state index < -0.39 is 5.41 Å². The van der Waals surface area contributed by atoms with Crippen molar-refractivity contribution in [2.75, 3.05) is 4.90 Å². The van der Waals surface area contributed by atoms with E-state index in [1.165, 1.54) is 50.1 Å². The molecular weight excluding hydrogens is 811 g/mol. The second-order valence-corrected chi connectivity index (χ2v) is 17.6. The molecule has 0 saturated heterocycles. The molecular formula is C65H43NO. The first-order valence-corrected chi connectivity index (χ1v) is 23.1. The van der Waals surface area contributed by atoms with Crippen LogP contribution in [0, 0.1) is 0 Å². The van der Waals surface area contributed by atoms with Crippen molar-refractivity contribution < 1.29 is 4.42 Å². The van der Waals surface area contributed by atoms with Crippen molar-refractivity contribution in [2.45, 2.75) is 5.41 Å². The van der Waals surface area contributed by atoms with Crippen molar-refractivity contribution in [3.05, 3.63) is 283 Å². The molecule has 0 fully saturated rings. The van der Waals surface area contributed by atoms with E-state index in [0.29, 0.717) is 0 Å². The van der Waals surface area contributed by atoms with Crippen molar-refractivity contribution in [3.63, 3.8) is 0 Å². The average Bonchev–Trinajstić information content (AvgIpc) is 3.94. The number of hydrogen-bond donors (Lipinski definition) is 0. The zero-order valence-electron chi connectivity index (χ0n) is 36.7. The van der Waals surface area contributed by atoms with Crippen molar-refractivity contribution in [1.29, 1.82) is 0 Å². The highest BCUT2D eigenvalue weighted by Gasteiger charge is 2.46. The van der Waals surface area contributed by atoms with Crippen LogP contribution in [0.5, 0.6) is 0 Å². The van der Waals surface area contributed by atoms with Crippen LogP contribution in [0.4, 0.5) is 17.1 Å². The van der Waals surface area contributed by atoms with E-state index in [1.54, 1.807) is 0 Å². The van der Waals surface area contributed by atoms with Gasteiger partial charge in [-0.1, -0.05) is 218 Å². The van der Waals surface area contributed by atoms with Gasteiger partial charge < -0.3 is 9.32 Å². The van der Waals surface area contributed by atoms with Crippen LogP contribution in [0.2, 0.25) is 0 Å². The topological polar surface area (TPSA) is 16.4 Å². The highest BCUT2D eigenvalue weighted by molar-refractivity contribution is 6.19. The number of benzene rings is 11. The molecule has 0 amide bonds. The molecule has 0 N–H and O–H groups in total. The summed E-state index contributed by atoms with van der Waals surface area (Å²) in [7, 11) is 0. The second kappa shape index (κ2) is 15.8. The number of rotatable bonds is 8. The summed E-state index contributed by atoms with van der Waals surface area (Å²) in [5.41, 5.74) is 18.6. The van der Waals surface area contributed by atoms with Gasteiger partial charge in [-0.05, 0) is 109 Å². The monoisotopic (exact) mass is 853 g/mol. The smallest absolute Gasteiger partial charge is 0.145 e. The minimum absolute atomic E-state index is 0.562. The highest BCUT2D eigenvalue weighted by atomic mass is 16.3. The Morgan fingerprint density at radius 1 is 0.313 bits per heavy atom. The Morgan fingerprint density at radius 3 is 1.48 bits per heavy atom. The van der Waals surface area contributed by atoms with Crippen molar-refractivity contribution in [3.8, 4) is 44.5 Å². The third kappa shape index (κ3) is 6.18. The zero-order valence-corrected chi connectivity index (χ0v) is 36.7. The van der Waals surface area contributed by atoms with Crippen LogP contribution in [0.15, 0.2) is 265 Å². The molecule has 0 atom stereocenters. The molecule has 13 rings (SSSR count). The molecule has 1 aliphatic carbocycles. The fourth-order valence-corrected chi connectivity index (χ4v) is 10.9. The maximum atomic E-state index is 7.24. The lowest BCUT2D eigenvalue weighted by molar-refractivity contribution is 0.674. The van der Waals surface area contributed by atoms with Crippen molar-refractivity contribution in [1.82, 2.24) is 0 Å². The summed E-state index contributed by atoms with van der Waals surface area (Å²) in [6, 6.07) is 95.0. The highest BCUT2D eigenvalue weighted by Crippen LogP contribution is 2.58. The molecule has 0 spiro atoms. The van der Waals surface area contributed by atoms with E-state index in [4.69, 9.17) is 4.42 Å². The van der Waals surface area contributed by atoms with Crippen LogP contribution in [-0.4, -0.2) is 0 Å². The average molecular weight is 854 g/mol. The second-order valence-electron chi connectivity index (χ2n) is 17.6. The van der Waals surface area contributed by atoms with Gasteiger partial charge in [0.1, 0.15) is 11.2 Å². The quantitative estimate of drug-likeness (QED) is 0.151. The molecule has 1 heterocycles. The Hall–Kier alpha value is -8.72. The zero-order chi connectivity index (χ0) is 44.3. The fraction of sp³-hybridized carbons (Fsp3) is 0.0154. The van der Waals surface area contributed by atoms with E-state index in [1.807, 2.05) is 0 Å². The Balaban J connectivity index is 1.10. The summed E-state index contributed by atoms with van der Waals surface area (Å²) < 4.78 is 7.24. The van der Waals surface area contributed by atoms with Crippen LogP contribution >= 0.6 is 0 Å². The van der Waals surface area contributed by atoms with Crippen LogP contribution in [0.3, 0.4) is 0 Å². The van der Waals surface area contributed by atoms with Gasteiger partial charge in [0.25, 0.3) is 0 Å². The summed E-state index contributed by atoms with van der Waals surface area (Å²) in [5, 5.41) is 4.45. The fourth-order valence-electron chi connectivity index (χ4n) is 10.9. The summed E-state index contributed by atoms with van der Waals surface area (Å²) in [6.07, 6.45) is 0.